The van der Waals surface area contributed by atoms with Crippen LogP contribution in [0.2, 0.25) is 0 Å². The number of nitrogens with zero attached hydrogens (tertiary/aromatic N) is 2. The Morgan fingerprint density at radius 1 is 1.21 bits per heavy atom. The van der Waals surface area contributed by atoms with Crippen molar-refractivity contribution in [2.24, 2.45) is 0 Å². The van der Waals surface area contributed by atoms with Crippen LogP contribution in [0.5, 0.6) is 0 Å². The van der Waals surface area contributed by atoms with Gasteiger partial charge in [0.1, 0.15) is 17.8 Å². The van der Waals surface area contributed by atoms with E-state index in [0.717, 1.165) is 5.56 Å². The van der Waals surface area contributed by atoms with Gasteiger partial charge in [-0.25, -0.2) is 9.97 Å². The third-order valence-corrected chi connectivity index (χ3v) is 3.06. The molecule has 1 aromatic carbocycles. The number of nitrogens with two attached hydrogens (primary N) is 1. The summed E-state index contributed by atoms with van der Waals surface area (Å²) in [6.07, 6.45) is 2.99. The minimum atomic E-state index is -0.0900. The van der Waals surface area contributed by atoms with Gasteiger partial charge in [0, 0.05) is 11.8 Å². The van der Waals surface area contributed by atoms with Crippen LogP contribution in [0.1, 0.15) is 21.5 Å². The molecule has 2 aromatic heterocycles. The van der Waals surface area contributed by atoms with Gasteiger partial charge in [-0.15, -0.1) is 0 Å². The number of anilines is 1. The number of nitrogens with one attached hydrogen (secondary N) is 1. The van der Waals surface area contributed by atoms with E-state index in [4.69, 9.17) is 5.73 Å². The lowest BCUT2D eigenvalue weighted by Crippen LogP contribution is -2.02. The summed E-state index contributed by atoms with van der Waals surface area (Å²) in [5.74, 6) is 0.217. The Balaban J connectivity index is 2.14. The van der Waals surface area contributed by atoms with Crippen LogP contribution in [0, 0.1) is 6.92 Å². The predicted octanol–water partition coefficient (Wildman–Crippen LogP) is 2.08. The first-order valence-corrected chi connectivity index (χ1v) is 5.86. The number of H-pyrrole nitrogens is 1. The van der Waals surface area contributed by atoms with Crippen LogP contribution in [-0.4, -0.2) is 20.7 Å². The topological polar surface area (TPSA) is 84.7 Å². The SMILES string of the molecule is Cc1ccc(C(=O)c2c[nH]c3ncnc(N)c23)cc1. The Morgan fingerprint density at radius 3 is 2.68 bits per heavy atom. The highest BCUT2D eigenvalue weighted by molar-refractivity contribution is 6.17. The standard InChI is InChI=1S/C14H12N4O/c1-8-2-4-9(5-3-8)12(19)10-6-16-14-11(10)13(15)17-7-18-14/h2-7H,1H3,(H3,15,16,17,18). The second-order valence-electron chi connectivity index (χ2n) is 4.38. The van der Waals surface area contributed by atoms with Gasteiger partial charge in [0.25, 0.3) is 0 Å². The van der Waals surface area contributed by atoms with Crippen molar-refractivity contribution in [3.05, 3.63) is 53.5 Å². The molecule has 3 aromatic rings. The third-order valence-electron chi connectivity index (χ3n) is 3.06. The van der Waals surface area contributed by atoms with Crippen LogP contribution in [0.25, 0.3) is 11.0 Å². The van der Waals surface area contributed by atoms with Crippen LogP contribution in [0.15, 0.2) is 36.8 Å². The highest BCUT2D eigenvalue weighted by atomic mass is 16.1. The maximum atomic E-state index is 12.5. The summed E-state index contributed by atoms with van der Waals surface area (Å²) in [4.78, 5) is 23.4. The van der Waals surface area contributed by atoms with Crippen LogP contribution in [0.4, 0.5) is 5.82 Å². The van der Waals surface area contributed by atoms with Gasteiger partial charge in [0.2, 0.25) is 0 Å². The molecule has 0 atom stereocenters. The van der Waals surface area contributed by atoms with E-state index in [1.165, 1.54) is 6.33 Å². The van der Waals surface area contributed by atoms with Gasteiger partial charge in [-0.05, 0) is 6.92 Å². The molecule has 0 aliphatic heterocycles. The summed E-state index contributed by atoms with van der Waals surface area (Å²) in [5.41, 5.74) is 8.62. The number of nitrogen functional groups attached to an aromatic ring is 1. The van der Waals surface area contributed by atoms with Crippen LogP contribution in [-0.2, 0) is 0 Å². The minimum Gasteiger partial charge on any atom is -0.383 e. The molecule has 0 fully saturated rings. The van der Waals surface area contributed by atoms with Gasteiger partial charge < -0.3 is 10.7 Å². The number of aromatic nitrogens is 3. The molecule has 5 heteroatoms. The molecule has 0 saturated heterocycles. The van der Waals surface area contributed by atoms with Gasteiger partial charge in [0.15, 0.2) is 5.78 Å². The van der Waals surface area contributed by atoms with Gasteiger partial charge in [-0.2, -0.15) is 0 Å². The van der Waals surface area contributed by atoms with Crippen molar-refractivity contribution in [1.29, 1.82) is 0 Å². The van der Waals surface area contributed by atoms with Crippen molar-refractivity contribution in [2.45, 2.75) is 6.92 Å². The molecule has 3 N–H and O–H groups in total. The monoisotopic (exact) mass is 252 g/mol. The number of aryl methyl sites for hydroxylation is 1. The molecule has 0 aliphatic rings. The predicted molar refractivity (Wildman–Crippen MR) is 72.9 cm³/mol. The minimum absolute atomic E-state index is 0.0900. The Kier molecular flexibility index (Phi) is 2.52. The number of aromatic amines is 1. The molecule has 0 spiro atoms. The maximum Gasteiger partial charge on any atom is 0.195 e. The molecule has 0 bridgehead atoms. The molecular weight excluding hydrogens is 240 g/mol. The maximum absolute atomic E-state index is 12.5. The summed E-state index contributed by atoms with van der Waals surface area (Å²) < 4.78 is 0. The molecule has 0 saturated carbocycles. The first kappa shape index (κ1) is 11.4. The van der Waals surface area contributed by atoms with E-state index < -0.39 is 0 Å². The molecule has 0 amide bonds. The molecular formula is C14H12N4O. The summed E-state index contributed by atoms with van der Waals surface area (Å²) in [6.45, 7) is 1.98. The fraction of sp³-hybridized carbons (Fsp3) is 0.0714. The smallest absolute Gasteiger partial charge is 0.195 e. The molecule has 19 heavy (non-hydrogen) atoms. The zero-order chi connectivity index (χ0) is 13.4. The number of ketones is 1. The van der Waals surface area contributed by atoms with Crippen LogP contribution >= 0.6 is 0 Å². The second-order valence-corrected chi connectivity index (χ2v) is 4.38. The van der Waals surface area contributed by atoms with Gasteiger partial charge in [-0.1, -0.05) is 29.8 Å². The van der Waals surface area contributed by atoms with E-state index in [1.807, 2.05) is 19.1 Å². The normalized spacial score (nSPS) is 10.8. The van der Waals surface area contributed by atoms with E-state index in [-0.39, 0.29) is 5.78 Å². The van der Waals surface area contributed by atoms with Crippen molar-refractivity contribution in [3.8, 4) is 0 Å². The lowest BCUT2D eigenvalue weighted by Gasteiger charge is -2.01. The lowest BCUT2D eigenvalue weighted by atomic mass is 10.0. The Hall–Kier alpha value is -2.69. The van der Waals surface area contributed by atoms with Crippen LogP contribution < -0.4 is 5.73 Å². The number of carbonyl (C=O) groups excluding carboxylic acids is 1. The summed E-state index contributed by atoms with van der Waals surface area (Å²) in [6, 6.07) is 7.41. The van der Waals surface area contributed by atoms with E-state index in [2.05, 4.69) is 15.0 Å². The number of carbonyl (C=O) groups is 1. The number of rotatable bonds is 2. The first-order valence-electron chi connectivity index (χ1n) is 5.86. The fourth-order valence-electron chi connectivity index (χ4n) is 2.03. The number of fused-ring (bicyclic) bond motifs is 1. The lowest BCUT2D eigenvalue weighted by molar-refractivity contribution is 0.104. The largest absolute Gasteiger partial charge is 0.383 e. The zero-order valence-corrected chi connectivity index (χ0v) is 10.3. The summed E-state index contributed by atoms with van der Waals surface area (Å²) in [7, 11) is 0. The Labute approximate surface area is 109 Å². The van der Waals surface area contributed by atoms with E-state index in [1.54, 1.807) is 18.3 Å². The van der Waals surface area contributed by atoms with Crippen LogP contribution in [0.3, 0.4) is 0 Å². The highest BCUT2D eigenvalue weighted by Crippen LogP contribution is 2.23. The average molecular weight is 252 g/mol. The van der Waals surface area contributed by atoms with Crippen molar-refractivity contribution < 1.29 is 4.79 Å². The molecule has 0 radical (unpaired) electrons. The van der Waals surface area contributed by atoms with Crippen molar-refractivity contribution in [2.75, 3.05) is 5.73 Å². The Bertz CT molecular complexity index is 759. The fourth-order valence-corrected chi connectivity index (χ4v) is 2.03. The number of hydrogen-bond acceptors (Lipinski definition) is 4. The summed E-state index contributed by atoms with van der Waals surface area (Å²) >= 11 is 0. The van der Waals surface area contributed by atoms with Gasteiger partial charge in [-0.3, -0.25) is 4.79 Å². The third kappa shape index (κ3) is 1.85. The Morgan fingerprint density at radius 2 is 1.95 bits per heavy atom. The number of benzene rings is 1. The molecule has 2 heterocycles. The van der Waals surface area contributed by atoms with E-state index >= 15 is 0 Å². The van der Waals surface area contributed by atoms with E-state index in [0.29, 0.717) is 28.0 Å². The second kappa shape index (κ2) is 4.20. The van der Waals surface area contributed by atoms with E-state index in [9.17, 15) is 4.79 Å². The van der Waals surface area contributed by atoms with Crippen molar-refractivity contribution in [1.82, 2.24) is 15.0 Å². The zero-order valence-electron chi connectivity index (χ0n) is 10.3. The molecule has 94 valence electrons. The molecule has 0 aliphatic carbocycles. The number of hydrogen-bond donors (Lipinski definition) is 2. The highest BCUT2D eigenvalue weighted by Gasteiger charge is 2.17. The van der Waals surface area contributed by atoms with Gasteiger partial charge in [0.05, 0.1) is 10.9 Å². The van der Waals surface area contributed by atoms with Crippen molar-refractivity contribution >= 4 is 22.6 Å². The summed E-state index contributed by atoms with van der Waals surface area (Å²) in [5, 5.41) is 0.577. The quantitative estimate of drug-likeness (QED) is 0.684. The molecule has 3 rings (SSSR count). The molecule has 5 nitrogen and oxygen atoms in total. The van der Waals surface area contributed by atoms with Gasteiger partial charge >= 0.3 is 0 Å². The van der Waals surface area contributed by atoms with Crippen molar-refractivity contribution in [3.63, 3.8) is 0 Å². The average Bonchev–Trinajstić information content (AvgIpc) is 2.84. The first-order chi connectivity index (χ1) is 9.16. The molecule has 0 unspecified atom stereocenters.